The number of nitrogen functional groups attached to an aromatic ring is 1. The minimum absolute atomic E-state index is 0.00849. The zero-order chi connectivity index (χ0) is 92.3. The molecule has 129 heavy (non-hydrogen) atoms. The number of aliphatic hydroxyl groups excluding tert-OH is 4. The molecule has 0 saturated carbocycles. The molecule has 27 heteroatoms. The number of urea groups is 1. The molecule has 13 rings (SSSR count). The molecule has 5 heterocycles. The monoisotopic (exact) mass is 1790 g/mol. The molecule has 5 aliphatic rings. The number of aryl methyl sites for hydroxylation is 2. The van der Waals surface area contributed by atoms with E-state index >= 15 is 0 Å². The van der Waals surface area contributed by atoms with Gasteiger partial charge in [-0.1, -0.05) is 198 Å². The fourth-order valence-electron chi connectivity index (χ4n) is 18.1. The summed E-state index contributed by atoms with van der Waals surface area (Å²) in [5.41, 5.74) is 14.8. The maximum Gasteiger partial charge on any atom is 0.318 e. The first-order valence-corrected chi connectivity index (χ1v) is 47.0. The van der Waals surface area contributed by atoms with Crippen LogP contribution in [0.2, 0.25) is 0 Å². The van der Waals surface area contributed by atoms with Crippen molar-refractivity contribution in [2.45, 2.75) is 211 Å². The number of para-hydroxylation sites is 1. The number of carbonyl (C=O) groups is 6. The Morgan fingerprint density at radius 2 is 1.32 bits per heavy atom. The topological polar surface area (TPSA) is 354 Å². The quantitative estimate of drug-likeness (QED) is 0.0128. The first kappa shape index (κ1) is 99.3. The summed E-state index contributed by atoms with van der Waals surface area (Å²) in [4.78, 5) is 90.6. The zero-order valence-electron chi connectivity index (χ0n) is 76.1. The van der Waals surface area contributed by atoms with Gasteiger partial charge in [0.25, 0.3) is 5.91 Å². The fraction of sp³-hybridized carbons (Fsp3) is 0.480. The van der Waals surface area contributed by atoms with Crippen LogP contribution in [-0.2, 0) is 86.9 Å². The molecule has 4 aliphatic heterocycles. The molecule has 1 aromatic heterocycles. The van der Waals surface area contributed by atoms with E-state index in [1.807, 2.05) is 244 Å². The number of aliphatic hydroxyl groups is 4. The fourth-order valence-corrected chi connectivity index (χ4v) is 19.7. The van der Waals surface area contributed by atoms with E-state index in [1.165, 1.54) is 28.6 Å². The molecular formula is C102H134N10O16S. The predicted octanol–water partition coefficient (Wildman–Crippen LogP) is 11.1. The Morgan fingerprint density at radius 1 is 0.698 bits per heavy atom. The van der Waals surface area contributed by atoms with Crippen LogP contribution in [-0.4, -0.2) is 221 Å². The number of β-amino-alcohol motifs (C(OH)–C–C–N with tert-alkyl or cyclic N) is 1. The average molecular weight is 1790 g/mol. The van der Waals surface area contributed by atoms with E-state index in [9.17, 15) is 57.6 Å². The largest absolute Gasteiger partial charge is 0.483 e. The number of ether oxygens (including phenoxy) is 4. The van der Waals surface area contributed by atoms with Crippen LogP contribution in [0.1, 0.15) is 143 Å². The van der Waals surface area contributed by atoms with Gasteiger partial charge < -0.3 is 71.3 Å². The van der Waals surface area contributed by atoms with Crippen LogP contribution in [0.4, 0.5) is 10.5 Å². The molecule has 5 amide bonds. The molecule has 4 saturated heterocycles. The Morgan fingerprint density at radius 3 is 1.94 bits per heavy atom. The maximum absolute atomic E-state index is 13.9. The van der Waals surface area contributed by atoms with Crippen molar-refractivity contribution in [3.05, 3.63) is 263 Å². The van der Waals surface area contributed by atoms with Crippen LogP contribution in [0.3, 0.4) is 0 Å². The number of hydrogen-bond acceptors (Lipinski definition) is 20. The summed E-state index contributed by atoms with van der Waals surface area (Å²) in [6, 6.07) is 60.3. The summed E-state index contributed by atoms with van der Waals surface area (Å²) >= 11 is 0. The van der Waals surface area contributed by atoms with Crippen molar-refractivity contribution in [2.24, 2.45) is 35.5 Å². The SMILES string of the molecule is CC(C)(C)NC(=O)[C@@H]1CN(Cc2cccnc2)CCN1C[C@@H](O)C[C@H](Cc1ccccc1)C(=O)N[C@H]1c2ccccc2C[C@H]1O.CC(C)CN(C[C@@H](O)[C@@H](CC(=O)O[C@H]1CO[C@H]2OCC[C@H]21)Cc1ccccc1)S(=O)(=O)c1ccc(N)cc1.Cc1cccc(C)c1OCC(=O)N[C@@H](Cc1ccccc1)[C@@H](O)C[C@@H](CC(=O)[C@H](C(C)C)N1CCCNC1=O)Cc1ccccc1. The number of anilines is 1. The van der Waals surface area contributed by atoms with Gasteiger partial charge in [-0.2, -0.15) is 4.31 Å². The molecule has 0 radical (unpaired) electrons. The highest BCUT2D eigenvalue weighted by Crippen LogP contribution is 2.36. The van der Waals surface area contributed by atoms with E-state index in [0.717, 1.165) is 69.5 Å². The van der Waals surface area contributed by atoms with Gasteiger partial charge in [-0.15, -0.1) is 0 Å². The van der Waals surface area contributed by atoms with Gasteiger partial charge in [-0.3, -0.25) is 38.8 Å². The summed E-state index contributed by atoms with van der Waals surface area (Å²) in [7, 11) is -3.90. The van der Waals surface area contributed by atoms with Crippen molar-refractivity contribution >= 4 is 51.2 Å². The third kappa shape index (κ3) is 29.9. The number of pyridine rings is 1. The third-order valence-electron chi connectivity index (χ3n) is 24.5. The molecule has 7 aromatic carbocycles. The predicted molar refractivity (Wildman–Crippen MR) is 497 cm³/mol. The van der Waals surface area contributed by atoms with Gasteiger partial charge in [0.05, 0.1) is 73.0 Å². The summed E-state index contributed by atoms with van der Waals surface area (Å²) in [5.74, 6) is -1.66. The molecule has 10 N–H and O–H groups in total. The van der Waals surface area contributed by atoms with Crippen LogP contribution in [0.5, 0.6) is 5.75 Å². The van der Waals surface area contributed by atoms with Crippen LogP contribution < -0.4 is 31.7 Å². The standard InChI is InChI=1S/C38H49N3O5.C36H47N5O4.C28H38N2O7S/c1-26(2)36(41-20-12-19-39-38(41)45)34(43)24-31(21-29-15-7-5-8-16-29)23-33(42)32(22-30-17-9-6-10-18-30)40-35(44)25-46-37-27(3)13-11-14-28(37)4;1-36(2,3)39-35(45)31-24-40(22-26-12-9-15-37-21-26)16-17-41(31)23-29(42)19-28(18-25-10-5-4-6-11-25)34(44)38-33-30-14-8-7-13-27(30)20-32(33)43;1-19(2)16-30(38(33,34)23-10-8-22(29)9-11-23)17-25(31)21(14-20-6-4-3-5-7-20)15-27(32)37-26-18-36-28-24(26)12-13-35-28/h5-11,13-18,26,31-33,36,42H,12,19-25H2,1-4H3,(H,39,45)(H,40,44);4-15,21,28-29,31-33,42-43H,16-20,22-24H2,1-3H3,(H,38,44)(H,39,45);3-11,19,21,24-26,28,31H,12-18,29H2,1-2H3/t31-,32-,33-,36-;28-,29-,31-,32+,33-;21-,24+,25-,26+,28-/m001/s1. The number of amides is 5. The van der Waals surface area contributed by atoms with Gasteiger partial charge >= 0.3 is 12.0 Å². The number of nitrogens with one attached hydrogen (secondary N) is 4. The highest BCUT2D eigenvalue weighted by molar-refractivity contribution is 7.89. The second-order valence-corrected chi connectivity index (χ2v) is 38.9. The number of fused-ring (bicyclic) bond motifs is 2. The van der Waals surface area contributed by atoms with E-state index in [2.05, 4.69) is 36.1 Å². The number of sulfonamides is 1. The molecule has 4 fully saturated rings. The maximum atomic E-state index is 13.9. The van der Waals surface area contributed by atoms with Crippen LogP contribution >= 0.6 is 0 Å². The normalized spacial score (nSPS) is 20.1. The molecular weight excluding hydrogens is 1650 g/mol. The van der Waals surface area contributed by atoms with Gasteiger partial charge in [-0.05, 0) is 184 Å². The van der Waals surface area contributed by atoms with Crippen LogP contribution in [0.25, 0.3) is 0 Å². The van der Waals surface area contributed by atoms with Crippen molar-refractivity contribution in [2.75, 3.05) is 77.9 Å². The van der Waals surface area contributed by atoms with E-state index < -0.39 is 82.0 Å². The highest BCUT2D eigenvalue weighted by atomic mass is 32.2. The smallest absolute Gasteiger partial charge is 0.318 e. The van der Waals surface area contributed by atoms with Crippen molar-refractivity contribution in [1.29, 1.82) is 0 Å². The molecule has 0 spiro atoms. The summed E-state index contributed by atoms with van der Waals surface area (Å²) in [6.45, 7) is 22.3. The van der Waals surface area contributed by atoms with Gasteiger partial charge in [0, 0.05) is 107 Å². The number of aromatic nitrogens is 1. The first-order chi connectivity index (χ1) is 61.8. The lowest BCUT2D eigenvalue weighted by Gasteiger charge is -2.42. The molecule has 1 aliphatic carbocycles. The van der Waals surface area contributed by atoms with Crippen LogP contribution in [0, 0.1) is 49.4 Å². The summed E-state index contributed by atoms with van der Waals surface area (Å²) in [5, 5.41) is 57.6. The summed E-state index contributed by atoms with van der Waals surface area (Å²) < 4.78 is 51.1. The molecule has 0 unspecified atom stereocenters. The number of carbonyl (C=O) groups excluding carboxylic acids is 6. The second-order valence-electron chi connectivity index (χ2n) is 37.0. The molecule has 694 valence electrons. The summed E-state index contributed by atoms with van der Waals surface area (Å²) in [6.07, 6.45) is 3.93. The number of ketones is 1. The minimum atomic E-state index is -3.90. The zero-order valence-corrected chi connectivity index (χ0v) is 76.9. The van der Waals surface area contributed by atoms with E-state index in [1.54, 1.807) is 11.1 Å². The van der Waals surface area contributed by atoms with Gasteiger partial charge in [0.2, 0.25) is 21.8 Å². The van der Waals surface area contributed by atoms with E-state index in [4.69, 9.17) is 24.7 Å². The molecule has 26 nitrogen and oxygen atoms in total. The lowest BCUT2D eigenvalue weighted by atomic mass is 9.83. The lowest BCUT2D eigenvalue weighted by Crippen LogP contribution is -2.61. The number of nitrogens with zero attached hydrogens (tertiary/aromatic N) is 5. The van der Waals surface area contributed by atoms with Gasteiger partial charge in [0.15, 0.2) is 18.7 Å². The number of nitrogens with two attached hydrogens (primary N) is 1. The first-order valence-electron chi connectivity index (χ1n) is 45.6. The Labute approximate surface area is 761 Å². The molecule has 14 atom stereocenters. The minimum Gasteiger partial charge on any atom is -0.483 e. The van der Waals surface area contributed by atoms with Crippen molar-refractivity contribution in [3.8, 4) is 5.75 Å². The Balaban J connectivity index is 0.000000188. The molecule has 8 aromatic rings. The highest BCUT2D eigenvalue weighted by Gasteiger charge is 2.45. The Bertz CT molecular complexity index is 4960. The second kappa shape index (κ2) is 48.0. The number of Topliss-reactive ketones (excluding diaryl/α,β-unsaturated/α-hetero) is 1. The van der Waals surface area contributed by atoms with Gasteiger partial charge in [0.1, 0.15) is 17.9 Å². The number of piperazine rings is 1. The number of hydrogen-bond donors (Lipinski definition) is 9. The van der Waals surface area contributed by atoms with Crippen LogP contribution in [0.15, 0.2) is 217 Å². The Kier molecular flexibility index (Phi) is 37.0. The number of benzene rings is 7. The number of esters is 1. The molecule has 0 bridgehead atoms. The van der Waals surface area contributed by atoms with Crippen molar-refractivity contribution in [1.82, 2.24) is 45.3 Å². The van der Waals surface area contributed by atoms with Crippen molar-refractivity contribution in [3.63, 3.8) is 0 Å². The Hall–Kier alpha value is -10.3. The third-order valence-corrected chi connectivity index (χ3v) is 26.3. The number of rotatable bonds is 39. The lowest BCUT2D eigenvalue weighted by molar-refractivity contribution is -0.153. The van der Waals surface area contributed by atoms with E-state index in [0.29, 0.717) is 89.3 Å². The van der Waals surface area contributed by atoms with Gasteiger partial charge in [-0.25, -0.2) is 13.2 Å². The average Bonchev–Trinajstić information content (AvgIpc) is 1.39. The van der Waals surface area contributed by atoms with E-state index in [-0.39, 0.29) is 123 Å². The van der Waals surface area contributed by atoms with Crippen molar-refractivity contribution < 1.29 is 76.6 Å².